The van der Waals surface area contributed by atoms with Crippen molar-refractivity contribution >= 4 is 23.0 Å². The summed E-state index contributed by atoms with van der Waals surface area (Å²) in [5.74, 6) is 1.63. The summed E-state index contributed by atoms with van der Waals surface area (Å²) in [7, 11) is 1.66. The number of nitrogens with one attached hydrogen (secondary N) is 2. The van der Waals surface area contributed by atoms with Crippen LogP contribution in [0.2, 0.25) is 0 Å². The van der Waals surface area contributed by atoms with Crippen molar-refractivity contribution in [1.29, 1.82) is 0 Å². The molecule has 1 aliphatic heterocycles. The molecule has 0 bridgehead atoms. The van der Waals surface area contributed by atoms with E-state index >= 15 is 0 Å². The van der Waals surface area contributed by atoms with E-state index in [1.807, 2.05) is 18.2 Å². The molecule has 5 heteroatoms. The van der Waals surface area contributed by atoms with E-state index in [-0.39, 0.29) is 11.6 Å². The SMILES string of the molecule is CCc1ccc(NC(=S)NC2CC(C)(C)Oc3cc(OC)ccc32)cc1. The van der Waals surface area contributed by atoms with Crippen LogP contribution in [0.15, 0.2) is 42.5 Å². The number of thiocarbonyl (C=S) groups is 1. The average molecular weight is 371 g/mol. The molecule has 0 spiro atoms. The van der Waals surface area contributed by atoms with E-state index in [0.29, 0.717) is 5.11 Å². The van der Waals surface area contributed by atoms with Crippen LogP contribution < -0.4 is 20.1 Å². The van der Waals surface area contributed by atoms with Gasteiger partial charge in [-0.25, -0.2) is 0 Å². The highest BCUT2D eigenvalue weighted by molar-refractivity contribution is 7.80. The van der Waals surface area contributed by atoms with E-state index < -0.39 is 0 Å². The third-order valence-electron chi connectivity index (χ3n) is 4.60. The summed E-state index contributed by atoms with van der Waals surface area (Å²) >= 11 is 5.54. The lowest BCUT2D eigenvalue weighted by Gasteiger charge is -2.38. The van der Waals surface area contributed by atoms with Crippen molar-refractivity contribution < 1.29 is 9.47 Å². The van der Waals surface area contributed by atoms with Crippen LogP contribution in [0.5, 0.6) is 11.5 Å². The minimum atomic E-state index is -0.282. The zero-order valence-corrected chi connectivity index (χ0v) is 16.6. The Balaban J connectivity index is 1.75. The van der Waals surface area contributed by atoms with Crippen LogP contribution in [-0.4, -0.2) is 17.8 Å². The number of hydrogen-bond acceptors (Lipinski definition) is 3. The van der Waals surface area contributed by atoms with Gasteiger partial charge in [0.25, 0.3) is 0 Å². The van der Waals surface area contributed by atoms with Gasteiger partial charge in [-0.05, 0) is 62.3 Å². The molecule has 2 N–H and O–H groups in total. The first-order chi connectivity index (χ1) is 12.4. The standard InChI is InChI=1S/C21H26N2O2S/c1-5-14-6-8-15(9-7-14)22-20(26)23-18-13-21(2,3)25-19-12-16(24-4)10-11-17(18)19/h6-12,18H,5,13H2,1-4H3,(H2,22,23,26). The molecule has 3 rings (SSSR count). The van der Waals surface area contributed by atoms with Crippen molar-refractivity contribution in [3.8, 4) is 11.5 Å². The smallest absolute Gasteiger partial charge is 0.171 e. The molecule has 138 valence electrons. The van der Waals surface area contributed by atoms with Gasteiger partial charge in [0, 0.05) is 23.7 Å². The van der Waals surface area contributed by atoms with Crippen LogP contribution in [0.3, 0.4) is 0 Å². The van der Waals surface area contributed by atoms with Gasteiger partial charge in [0.1, 0.15) is 17.1 Å². The van der Waals surface area contributed by atoms with Gasteiger partial charge in [-0.1, -0.05) is 19.1 Å². The Morgan fingerprint density at radius 1 is 1.23 bits per heavy atom. The van der Waals surface area contributed by atoms with E-state index in [4.69, 9.17) is 21.7 Å². The zero-order chi connectivity index (χ0) is 18.7. The molecule has 2 aromatic carbocycles. The topological polar surface area (TPSA) is 42.5 Å². The van der Waals surface area contributed by atoms with Gasteiger partial charge in [0.05, 0.1) is 13.2 Å². The maximum atomic E-state index is 6.13. The molecule has 1 aliphatic rings. The number of hydrogen-bond donors (Lipinski definition) is 2. The Labute approximate surface area is 160 Å². The van der Waals surface area contributed by atoms with Crippen molar-refractivity contribution in [3.63, 3.8) is 0 Å². The summed E-state index contributed by atoms with van der Waals surface area (Å²) in [6.45, 7) is 6.32. The number of methoxy groups -OCH3 is 1. The predicted octanol–water partition coefficient (Wildman–Crippen LogP) is 4.85. The summed E-state index contributed by atoms with van der Waals surface area (Å²) in [4.78, 5) is 0. The third kappa shape index (κ3) is 4.28. The van der Waals surface area contributed by atoms with Crippen LogP contribution in [-0.2, 0) is 6.42 Å². The maximum absolute atomic E-state index is 6.13. The number of benzene rings is 2. The predicted molar refractivity (Wildman–Crippen MR) is 110 cm³/mol. The molecular weight excluding hydrogens is 344 g/mol. The van der Waals surface area contributed by atoms with Gasteiger partial charge in [-0.15, -0.1) is 0 Å². The molecule has 0 aliphatic carbocycles. The number of aryl methyl sites for hydroxylation is 1. The van der Waals surface area contributed by atoms with Crippen LogP contribution in [0.1, 0.15) is 44.4 Å². The second kappa shape index (κ2) is 7.54. The highest BCUT2D eigenvalue weighted by atomic mass is 32.1. The first-order valence-electron chi connectivity index (χ1n) is 8.93. The van der Waals surface area contributed by atoms with Gasteiger partial charge in [-0.3, -0.25) is 0 Å². The maximum Gasteiger partial charge on any atom is 0.171 e. The highest BCUT2D eigenvalue weighted by Crippen LogP contribution is 2.41. The third-order valence-corrected chi connectivity index (χ3v) is 4.82. The fraction of sp³-hybridized carbons (Fsp3) is 0.381. The van der Waals surface area contributed by atoms with Gasteiger partial charge in [-0.2, -0.15) is 0 Å². The Kier molecular flexibility index (Phi) is 5.37. The van der Waals surface area contributed by atoms with Crippen LogP contribution in [0.4, 0.5) is 5.69 Å². The quantitative estimate of drug-likeness (QED) is 0.754. The molecule has 0 saturated heterocycles. The molecule has 0 fully saturated rings. The van der Waals surface area contributed by atoms with E-state index in [0.717, 1.165) is 35.6 Å². The molecular formula is C21H26N2O2S. The van der Waals surface area contributed by atoms with E-state index in [1.54, 1.807) is 7.11 Å². The lowest BCUT2D eigenvalue weighted by atomic mass is 9.89. The molecule has 0 amide bonds. The number of ether oxygens (including phenoxy) is 2. The lowest BCUT2D eigenvalue weighted by molar-refractivity contribution is 0.0693. The van der Waals surface area contributed by atoms with Crippen molar-refractivity contribution in [2.75, 3.05) is 12.4 Å². The van der Waals surface area contributed by atoms with Crippen molar-refractivity contribution in [2.45, 2.75) is 45.3 Å². The van der Waals surface area contributed by atoms with Crippen molar-refractivity contribution in [2.24, 2.45) is 0 Å². The lowest BCUT2D eigenvalue weighted by Crippen LogP contribution is -2.42. The van der Waals surface area contributed by atoms with E-state index in [1.165, 1.54) is 5.56 Å². The largest absolute Gasteiger partial charge is 0.497 e. The van der Waals surface area contributed by atoms with Crippen LogP contribution in [0, 0.1) is 0 Å². The zero-order valence-electron chi connectivity index (χ0n) is 15.8. The monoisotopic (exact) mass is 370 g/mol. The number of anilines is 1. The molecule has 1 heterocycles. The second-order valence-corrected chi connectivity index (χ2v) is 7.58. The Bertz CT molecular complexity index is 787. The van der Waals surface area contributed by atoms with Gasteiger partial charge < -0.3 is 20.1 Å². The van der Waals surface area contributed by atoms with Gasteiger partial charge in [0.15, 0.2) is 5.11 Å². The van der Waals surface area contributed by atoms with Crippen molar-refractivity contribution in [3.05, 3.63) is 53.6 Å². The van der Waals surface area contributed by atoms with Gasteiger partial charge >= 0.3 is 0 Å². The average Bonchev–Trinajstić information content (AvgIpc) is 2.60. The van der Waals surface area contributed by atoms with E-state index in [2.05, 4.69) is 55.7 Å². The molecule has 2 aromatic rings. The van der Waals surface area contributed by atoms with Crippen LogP contribution in [0.25, 0.3) is 0 Å². The first-order valence-corrected chi connectivity index (χ1v) is 9.34. The minimum Gasteiger partial charge on any atom is -0.497 e. The molecule has 0 aromatic heterocycles. The Hall–Kier alpha value is -2.27. The molecule has 0 saturated carbocycles. The molecule has 4 nitrogen and oxygen atoms in total. The molecule has 26 heavy (non-hydrogen) atoms. The summed E-state index contributed by atoms with van der Waals surface area (Å²) < 4.78 is 11.5. The molecule has 1 atom stereocenters. The first kappa shape index (κ1) is 18.5. The normalized spacial score (nSPS) is 17.6. The number of rotatable bonds is 4. The number of fused-ring (bicyclic) bond motifs is 1. The van der Waals surface area contributed by atoms with Crippen LogP contribution >= 0.6 is 12.2 Å². The minimum absolute atomic E-state index is 0.0783. The summed E-state index contributed by atoms with van der Waals surface area (Å²) in [6, 6.07) is 14.3. The summed E-state index contributed by atoms with van der Waals surface area (Å²) in [6.07, 6.45) is 1.85. The molecule has 1 unspecified atom stereocenters. The summed E-state index contributed by atoms with van der Waals surface area (Å²) in [5, 5.41) is 7.33. The Morgan fingerprint density at radius 2 is 1.96 bits per heavy atom. The van der Waals surface area contributed by atoms with Crippen molar-refractivity contribution in [1.82, 2.24) is 5.32 Å². The van der Waals surface area contributed by atoms with Gasteiger partial charge in [0.2, 0.25) is 0 Å². The fourth-order valence-electron chi connectivity index (χ4n) is 3.24. The summed E-state index contributed by atoms with van der Waals surface area (Å²) in [5.41, 5.74) is 3.11. The fourth-order valence-corrected chi connectivity index (χ4v) is 3.50. The highest BCUT2D eigenvalue weighted by Gasteiger charge is 2.34. The molecule has 0 radical (unpaired) electrons. The van der Waals surface area contributed by atoms with E-state index in [9.17, 15) is 0 Å². The Morgan fingerprint density at radius 3 is 2.62 bits per heavy atom. The second-order valence-electron chi connectivity index (χ2n) is 7.17.